The van der Waals surface area contributed by atoms with Gasteiger partial charge in [-0.15, -0.1) is 0 Å². The maximum atomic E-state index is 5.73. The zero-order valence-corrected chi connectivity index (χ0v) is 8.71. The number of fused-ring (bicyclic) bond motifs is 1. The number of ether oxygens (including phenoxy) is 1. The summed E-state index contributed by atoms with van der Waals surface area (Å²) in [7, 11) is 0. The van der Waals surface area contributed by atoms with Gasteiger partial charge in [0.2, 0.25) is 0 Å². The number of rotatable bonds is 2. The smallest absolute Gasteiger partial charge is 0.127 e. The second-order valence-corrected chi connectivity index (χ2v) is 3.83. The molecule has 3 heteroatoms. The first-order valence-electron chi connectivity index (χ1n) is 5.11. The van der Waals surface area contributed by atoms with E-state index >= 15 is 0 Å². The van der Waals surface area contributed by atoms with Gasteiger partial charge in [0.1, 0.15) is 5.75 Å². The Labute approximate surface area is 84.5 Å². The molecule has 0 aliphatic carbocycles. The van der Waals surface area contributed by atoms with E-state index in [-0.39, 0.29) is 6.10 Å². The third-order valence-electron chi connectivity index (χ3n) is 2.31. The van der Waals surface area contributed by atoms with E-state index in [4.69, 9.17) is 4.74 Å². The van der Waals surface area contributed by atoms with E-state index in [9.17, 15) is 0 Å². The van der Waals surface area contributed by atoms with E-state index in [2.05, 4.69) is 10.3 Å². The van der Waals surface area contributed by atoms with Crippen LogP contribution in [0.2, 0.25) is 0 Å². The number of aromatic nitrogens is 1. The van der Waals surface area contributed by atoms with Crippen LogP contribution in [0.4, 0.5) is 0 Å². The van der Waals surface area contributed by atoms with E-state index in [0.29, 0.717) is 0 Å². The van der Waals surface area contributed by atoms with Crippen LogP contribution in [0.3, 0.4) is 0 Å². The van der Waals surface area contributed by atoms with E-state index in [1.165, 1.54) is 11.3 Å². The highest BCUT2D eigenvalue weighted by atomic mass is 16.5. The lowest BCUT2D eigenvalue weighted by molar-refractivity contribution is 0.238. The zero-order chi connectivity index (χ0) is 9.97. The van der Waals surface area contributed by atoms with Crippen molar-refractivity contribution in [1.29, 1.82) is 0 Å². The van der Waals surface area contributed by atoms with Crippen molar-refractivity contribution in [2.24, 2.45) is 0 Å². The van der Waals surface area contributed by atoms with E-state index in [1.54, 1.807) is 0 Å². The van der Waals surface area contributed by atoms with Crippen LogP contribution in [0.15, 0.2) is 12.3 Å². The fourth-order valence-electron chi connectivity index (χ4n) is 1.70. The lowest BCUT2D eigenvalue weighted by Crippen LogP contribution is -2.25. The fourth-order valence-corrected chi connectivity index (χ4v) is 1.70. The highest BCUT2D eigenvalue weighted by molar-refractivity contribution is 5.37. The Morgan fingerprint density at radius 3 is 3.14 bits per heavy atom. The molecule has 0 radical (unpaired) electrons. The number of nitrogens with zero attached hydrogens (tertiary/aromatic N) is 1. The van der Waals surface area contributed by atoms with E-state index < -0.39 is 0 Å². The third-order valence-corrected chi connectivity index (χ3v) is 2.31. The Hall–Kier alpha value is -1.09. The Balaban J connectivity index is 2.30. The van der Waals surface area contributed by atoms with Crippen LogP contribution < -0.4 is 10.1 Å². The summed E-state index contributed by atoms with van der Waals surface area (Å²) in [4.78, 5) is 4.37. The number of nitrogens with one attached hydrogen (secondary N) is 1. The molecule has 0 aromatic carbocycles. The molecule has 1 aliphatic rings. The van der Waals surface area contributed by atoms with Gasteiger partial charge >= 0.3 is 0 Å². The third kappa shape index (κ3) is 1.87. The summed E-state index contributed by atoms with van der Waals surface area (Å²) in [5.74, 6) is 0.984. The molecular weight excluding hydrogens is 176 g/mol. The van der Waals surface area contributed by atoms with Crippen LogP contribution in [0.5, 0.6) is 5.75 Å². The molecular formula is C11H16N2O. The Kier molecular flexibility index (Phi) is 2.68. The van der Waals surface area contributed by atoms with Gasteiger partial charge in [0.25, 0.3) is 0 Å². The van der Waals surface area contributed by atoms with Gasteiger partial charge in [0.05, 0.1) is 6.10 Å². The SMILES string of the molecule is CC(C)Oc1ccnc2c1CNCC2. The second kappa shape index (κ2) is 3.96. The molecule has 1 aromatic heterocycles. The predicted molar refractivity (Wildman–Crippen MR) is 55.4 cm³/mol. The lowest BCUT2D eigenvalue weighted by Gasteiger charge is -2.20. The fraction of sp³-hybridized carbons (Fsp3) is 0.545. The lowest BCUT2D eigenvalue weighted by atomic mass is 10.1. The van der Waals surface area contributed by atoms with Gasteiger partial charge in [-0.25, -0.2) is 0 Å². The van der Waals surface area contributed by atoms with Crippen molar-refractivity contribution in [2.45, 2.75) is 32.9 Å². The molecule has 0 saturated heterocycles. The van der Waals surface area contributed by atoms with Gasteiger partial charge in [0, 0.05) is 37.0 Å². The van der Waals surface area contributed by atoms with Crippen molar-refractivity contribution < 1.29 is 4.74 Å². The first-order chi connectivity index (χ1) is 6.77. The summed E-state index contributed by atoms with van der Waals surface area (Å²) >= 11 is 0. The first-order valence-corrected chi connectivity index (χ1v) is 5.11. The molecule has 0 bridgehead atoms. The van der Waals surface area contributed by atoms with Crippen LogP contribution in [0.1, 0.15) is 25.1 Å². The standard InChI is InChI=1S/C11H16N2O/c1-8(2)14-11-4-6-13-10-3-5-12-7-9(10)11/h4,6,8,12H,3,5,7H2,1-2H3. The summed E-state index contributed by atoms with van der Waals surface area (Å²) in [6.07, 6.45) is 3.07. The Morgan fingerprint density at radius 1 is 1.50 bits per heavy atom. The molecule has 0 saturated carbocycles. The highest BCUT2D eigenvalue weighted by Crippen LogP contribution is 2.23. The topological polar surface area (TPSA) is 34.1 Å². The van der Waals surface area contributed by atoms with E-state index in [1.807, 2.05) is 26.1 Å². The second-order valence-electron chi connectivity index (χ2n) is 3.83. The van der Waals surface area contributed by atoms with Crippen molar-refractivity contribution >= 4 is 0 Å². The van der Waals surface area contributed by atoms with Crippen molar-refractivity contribution in [3.63, 3.8) is 0 Å². The minimum absolute atomic E-state index is 0.225. The van der Waals surface area contributed by atoms with Crippen LogP contribution >= 0.6 is 0 Å². The summed E-state index contributed by atoms with van der Waals surface area (Å²) in [5.41, 5.74) is 2.41. The van der Waals surface area contributed by atoms with Crippen molar-refractivity contribution in [3.8, 4) is 5.75 Å². The monoisotopic (exact) mass is 192 g/mol. The van der Waals surface area contributed by atoms with Crippen molar-refractivity contribution in [2.75, 3.05) is 6.54 Å². The maximum Gasteiger partial charge on any atom is 0.127 e. The van der Waals surface area contributed by atoms with Crippen molar-refractivity contribution in [1.82, 2.24) is 10.3 Å². The normalized spacial score (nSPS) is 15.4. The minimum atomic E-state index is 0.225. The average molecular weight is 192 g/mol. The molecule has 1 N–H and O–H groups in total. The molecule has 2 rings (SSSR count). The summed E-state index contributed by atoms with van der Waals surface area (Å²) in [6.45, 7) is 5.99. The van der Waals surface area contributed by atoms with Crippen LogP contribution in [-0.4, -0.2) is 17.6 Å². The quantitative estimate of drug-likeness (QED) is 0.771. The molecule has 0 unspecified atom stereocenters. The predicted octanol–water partition coefficient (Wildman–Crippen LogP) is 1.51. The Bertz CT molecular complexity index is 323. The molecule has 0 atom stereocenters. The largest absolute Gasteiger partial charge is 0.491 e. The summed E-state index contributed by atoms with van der Waals surface area (Å²) in [6, 6.07) is 1.95. The van der Waals surface area contributed by atoms with Gasteiger partial charge in [-0.3, -0.25) is 4.98 Å². The molecule has 14 heavy (non-hydrogen) atoms. The van der Waals surface area contributed by atoms with Gasteiger partial charge in [-0.05, 0) is 19.9 Å². The van der Waals surface area contributed by atoms with E-state index in [0.717, 1.165) is 25.3 Å². The van der Waals surface area contributed by atoms with Gasteiger partial charge in [-0.1, -0.05) is 0 Å². The van der Waals surface area contributed by atoms with Crippen LogP contribution in [-0.2, 0) is 13.0 Å². The van der Waals surface area contributed by atoms with Gasteiger partial charge < -0.3 is 10.1 Å². The molecule has 1 aliphatic heterocycles. The molecule has 0 fully saturated rings. The van der Waals surface area contributed by atoms with Crippen LogP contribution in [0.25, 0.3) is 0 Å². The highest BCUT2D eigenvalue weighted by Gasteiger charge is 2.14. The molecule has 2 heterocycles. The molecule has 3 nitrogen and oxygen atoms in total. The molecule has 0 amide bonds. The first kappa shape index (κ1) is 9.46. The number of hydrogen-bond acceptors (Lipinski definition) is 3. The molecule has 76 valence electrons. The molecule has 0 spiro atoms. The average Bonchev–Trinajstić information content (AvgIpc) is 2.18. The summed E-state index contributed by atoms with van der Waals surface area (Å²) < 4.78 is 5.73. The summed E-state index contributed by atoms with van der Waals surface area (Å²) in [5, 5.41) is 3.33. The maximum absolute atomic E-state index is 5.73. The minimum Gasteiger partial charge on any atom is -0.491 e. The number of pyridine rings is 1. The Morgan fingerprint density at radius 2 is 2.36 bits per heavy atom. The van der Waals surface area contributed by atoms with Crippen LogP contribution in [0, 0.1) is 0 Å². The van der Waals surface area contributed by atoms with Crippen molar-refractivity contribution in [3.05, 3.63) is 23.5 Å². The van der Waals surface area contributed by atoms with Gasteiger partial charge in [-0.2, -0.15) is 0 Å². The molecule has 1 aromatic rings. The number of hydrogen-bond donors (Lipinski definition) is 1. The zero-order valence-electron chi connectivity index (χ0n) is 8.71. The van der Waals surface area contributed by atoms with Gasteiger partial charge in [0.15, 0.2) is 0 Å².